The van der Waals surface area contributed by atoms with Crippen molar-refractivity contribution in [1.82, 2.24) is 15.0 Å². The van der Waals surface area contributed by atoms with Crippen molar-refractivity contribution in [3.05, 3.63) is 29.3 Å². The summed E-state index contributed by atoms with van der Waals surface area (Å²) < 4.78 is 5.44. The van der Waals surface area contributed by atoms with Gasteiger partial charge < -0.3 is 10.1 Å². The minimum absolute atomic E-state index is 0.0496. The molecular weight excluding hydrogens is 280 g/mol. The molecule has 0 spiro atoms. The molecule has 0 bridgehead atoms. The first kappa shape index (κ1) is 14.3. The van der Waals surface area contributed by atoms with Gasteiger partial charge in [0.05, 0.1) is 6.10 Å². The van der Waals surface area contributed by atoms with Gasteiger partial charge in [0.1, 0.15) is 0 Å². The molecule has 0 unspecified atom stereocenters. The van der Waals surface area contributed by atoms with Crippen LogP contribution in [0.15, 0.2) is 24.3 Å². The predicted molar refractivity (Wildman–Crippen MR) is 78.1 cm³/mol. The Labute approximate surface area is 121 Å². The van der Waals surface area contributed by atoms with Crippen molar-refractivity contribution in [2.45, 2.75) is 20.0 Å². The van der Waals surface area contributed by atoms with Gasteiger partial charge in [-0.25, -0.2) is 5.84 Å². The zero-order valence-electron chi connectivity index (χ0n) is 11.1. The van der Waals surface area contributed by atoms with Crippen molar-refractivity contribution < 1.29 is 4.74 Å². The molecule has 0 radical (unpaired) electrons. The maximum Gasteiger partial charge on any atom is 0.323 e. The zero-order chi connectivity index (χ0) is 14.5. The van der Waals surface area contributed by atoms with E-state index in [0.29, 0.717) is 11.0 Å². The molecule has 0 amide bonds. The van der Waals surface area contributed by atoms with Crippen LogP contribution in [0.2, 0.25) is 5.02 Å². The van der Waals surface area contributed by atoms with E-state index in [9.17, 15) is 0 Å². The fourth-order valence-electron chi connectivity index (χ4n) is 1.40. The van der Waals surface area contributed by atoms with Gasteiger partial charge in [0, 0.05) is 10.7 Å². The third kappa shape index (κ3) is 3.94. The maximum absolute atomic E-state index is 5.83. The molecule has 0 aliphatic heterocycles. The van der Waals surface area contributed by atoms with Gasteiger partial charge in [0.2, 0.25) is 11.9 Å². The van der Waals surface area contributed by atoms with E-state index < -0.39 is 0 Å². The van der Waals surface area contributed by atoms with Crippen LogP contribution in [0.25, 0.3) is 0 Å². The second-order valence-electron chi connectivity index (χ2n) is 4.21. The number of halogens is 1. The highest BCUT2D eigenvalue weighted by molar-refractivity contribution is 6.30. The van der Waals surface area contributed by atoms with Crippen LogP contribution in [-0.4, -0.2) is 21.1 Å². The Kier molecular flexibility index (Phi) is 4.54. The highest BCUT2D eigenvalue weighted by Crippen LogP contribution is 2.18. The molecule has 2 aromatic rings. The van der Waals surface area contributed by atoms with Gasteiger partial charge in [-0.05, 0) is 38.1 Å². The normalized spacial score (nSPS) is 10.4. The molecule has 1 aromatic heterocycles. The number of nitrogen functional groups attached to an aromatic ring is 1. The van der Waals surface area contributed by atoms with Crippen molar-refractivity contribution in [3.63, 3.8) is 0 Å². The average molecular weight is 295 g/mol. The van der Waals surface area contributed by atoms with Crippen molar-refractivity contribution in [2.75, 3.05) is 10.7 Å². The Balaban J connectivity index is 2.23. The lowest BCUT2D eigenvalue weighted by Crippen LogP contribution is -2.15. The van der Waals surface area contributed by atoms with Gasteiger partial charge in [-0.15, -0.1) is 0 Å². The van der Waals surface area contributed by atoms with Gasteiger partial charge in [-0.3, -0.25) is 5.43 Å². The van der Waals surface area contributed by atoms with Gasteiger partial charge in [-0.1, -0.05) is 11.6 Å². The summed E-state index contributed by atoms with van der Waals surface area (Å²) in [6.07, 6.45) is -0.0496. The molecular formula is C12H15ClN6O. The minimum Gasteiger partial charge on any atom is -0.461 e. The third-order valence-electron chi connectivity index (χ3n) is 2.19. The summed E-state index contributed by atoms with van der Waals surface area (Å²) in [5, 5.41) is 3.68. The fourth-order valence-corrected chi connectivity index (χ4v) is 1.53. The molecule has 0 aliphatic rings. The van der Waals surface area contributed by atoms with Crippen molar-refractivity contribution >= 4 is 29.2 Å². The monoisotopic (exact) mass is 294 g/mol. The molecule has 0 saturated carbocycles. The Hall–Kier alpha value is -2.12. The van der Waals surface area contributed by atoms with Crippen LogP contribution in [0, 0.1) is 0 Å². The topological polar surface area (TPSA) is 98.0 Å². The number of aromatic nitrogens is 3. The Morgan fingerprint density at radius 2 is 1.75 bits per heavy atom. The summed E-state index contributed by atoms with van der Waals surface area (Å²) in [6, 6.07) is 7.34. The number of benzene rings is 1. The second-order valence-corrected chi connectivity index (χ2v) is 4.64. The number of nitrogens with two attached hydrogens (primary N) is 1. The van der Waals surface area contributed by atoms with Crippen molar-refractivity contribution in [2.24, 2.45) is 5.84 Å². The lowest BCUT2D eigenvalue weighted by atomic mass is 10.3. The molecule has 0 atom stereocenters. The quantitative estimate of drug-likeness (QED) is 0.575. The molecule has 8 heteroatoms. The van der Waals surface area contributed by atoms with E-state index in [2.05, 4.69) is 25.7 Å². The molecule has 2 rings (SSSR count). The number of rotatable bonds is 5. The summed E-state index contributed by atoms with van der Waals surface area (Å²) in [4.78, 5) is 12.3. The van der Waals surface area contributed by atoms with Crippen LogP contribution in [0.4, 0.5) is 17.6 Å². The lowest BCUT2D eigenvalue weighted by molar-refractivity contribution is 0.222. The van der Waals surface area contributed by atoms with Crippen molar-refractivity contribution in [1.29, 1.82) is 0 Å². The van der Waals surface area contributed by atoms with Crippen LogP contribution in [-0.2, 0) is 0 Å². The van der Waals surface area contributed by atoms with E-state index in [0.717, 1.165) is 5.69 Å². The van der Waals surface area contributed by atoms with E-state index in [1.54, 1.807) is 12.1 Å². The van der Waals surface area contributed by atoms with E-state index >= 15 is 0 Å². The van der Waals surface area contributed by atoms with Crippen LogP contribution in [0.3, 0.4) is 0 Å². The van der Waals surface area contributed by atoms with E-state index in [1.165, 1.54) is 0 Å². The van der Waals surface area contributed by atoms with Crippen molar-refractivity contribution in [3.8, 4) is 6.01 Å². The second kappa shape index (κ2) is 6.36. The Bertz CT molecular complexity index is 575. The number of hydrazine groups is 1. The molecule has 0 aliphatic carbocycles. The largest absolute Gasteiger partial charge is 0.461 e. The third-order valence-corrected chi connectivity index (χ3v) is 2.44. The SMILES string of the molecule is CC(C)Oc1nc(NN)nc(Nc2ccc(Cl)cc2)n1. The summed E-state index contributed by atoms with van der Waals surface area (Å²) in [6.45, 7) is 3.76. The molecule has 1 heterocycles. The average Bonchev–Trinajstić information content (AvgIpc) is 2.40. The molecule has 0 saturated heterocycles. The van der Waals surface area contributed by atoms with Crippen LogP contribution < -0.4 is 21.3 Å². The minimum atomic E-state index is -0.0496. The van der Waals surface area contributed by atoms with Crippen LogP contribution in [0.1, 0.15) is 13.8 Å². The molecule has 1 aromatic carbocycles. The highest BCUT2D eigenvalue weighted by atomic mass is 35.5. The molecule has 4 N–H and O–H groups in total. The summed E-state index contributed by atoms with van der Waals surface area (Å²) in [5.74, 6) is 5.87. The summed E-state index contributed by atoms with van der Waals surface area (Å²) >= 11 is 5.83. The van der Waals surface area contributed by atoms with Crippen LogP contribution >= 0.6 is 11.6 Å². The summed E-state index contributed by atoms with van der Waals surface area (Å²) in [7, 11) is 0. The summed E-state index contributed by atoms with van der Waals surface area (Å²) in [5.41, 5.74) is 3.16. The molecule has 106 valence electrons. The lowest BCUT2D eigenvalue weighted by Gasteiger charge is -2.11. The first-order valence-electron chi connectivity index (χ1n) is 5.99. The standard InChI is InChI=1S/C12H15ClN6O/c1-7(2)20-12-17-10(16-11(18-12)19-14)15-9-5-3-8(13)4-6-9/h3-7H,14H2,1-2H3,(H2,15,16,17,18,19). The number of hydrogen-bond donors (Lipinski definition) is 3. The molecule has 7 nitrogen and oxygen atoms in total. The first-order valence-corrected chi connectivity index (χ1v) is 6.36. The maximum atomic E-state index is 5.83. The fraction of sp³-hybridized carbons (Fsp3) is 0.250. The number of hydrogen-bond acceptors (Lipinski definition) is 7. The van der Waals surface area contributed by atoms with Gasteiger partial charge in [-0.2, -0.15) is 15.0 Å². The zero-order valence-corrected chi connectivity index (χ0v) is 11.8. The predicted octanol–water partition coefficient (Wildman–Crippen LogP) is 2.34. The van der Waals surface area contributed by atoms with Crippen LogP contribution in [0.5, 0.6) is 6.01 Å². The van der Waals surface area contributed by atoms with Gasteiger partial charge in [0.25, 0.3) is 0 Å². The number of anilines is 3. The smallest absolute Gasteiger partial charge is 0.323 e. The molecule has 20 heavy (non-hydrogen) atoms. The number of nitrogens with zero attached hydrogens (tertiary/aromatic N) is 3. The van der Waals surface area contributed by atoms with Gasteiger partial charge in [0.15, 0.2) is 0 Å². The Morgan fingerprint density at radius 1 is 1.10 bits per heavy atom. The Morgan fingerprint density at radius 3 is 2.35 bits per heavy atom. The van der Waals surface area contributed by atoms with E-state index in [4.69, 9.17) is 22.2 Å². The highest BCUT2D eigenvalue weighted by Gasteiger charge is 2.08. The number of nitrogens with one attached hydrogen (secondary N) is 2. The number of ether oxygens (including phenoxy) is 1. The van der Waals surface area contributed by atoms with E-state index in [1.807, 2.05) is 26.0 Å². The van der Waals surface area contributed by atoms with Gasteiger partial charge >= 0.3 is 6.01 Å². The first-order chi connectivity index (χ1) is 9.56. The molecule has 0 fully saturated rings. The van der Waals surface area contributed by atoms with E-state index in [-0.39, 0.29) is 18.1 Å².